The zero-order chi connectivity index (χ0) is 19.5. The van der Waals surface area contributed by atoms with E-state index < -0.39 is 22.7 Å². The van der Waals surface area contributed by atoms with Gasteiger partial charge in [-0.2, -0.15) is 13.2 Å². The summed E-state index contributed by atoms with van der Waals surface area (Å²) in [6.07, 6.45) is -4.59. The third-order valence-corrected chi connectivity index (χ3v) is 3.98. The van der Waals surface area contributed by atoms with E-state index in [-0.39, 0.29) is 17.7 Å². The molecule has 0 radical (unpaired) electrons. The van der Waals surface area contributed by atoms with Gasteiger partial charge in [0.2, 0.25) is 0 Å². The van der Waals surface area contributed by atoms with Crippen molar-refractivity contribution in [3.05, 3.63) is 58.6 Å². The van der Waals surface area contributed by atoms with Crippen LogP contribution in [-0.2, 0) is 16.4 Å². The van der Waals surface area contributed by atoms with Crippen LogP contribution >= 0.6 is 11.6 Å². The van der Waals surface area contributed by atoms with Crippen molar-refractivity contribution in [1.82, 2.24) is 0 Å². The molecule has 0 aliphatic rings. The summed E-state index contributed by atoms with van der Waals surface area (Å²) in [5.74, 6) is -0.0689. The molecule has 2 aromatic carbocycles. The van der Waals surface area contributed by atoms with Gasteiger partial charge in [0.25, 0.3) is 5.91 Å². The Labute approximate surface area is 155 Å². The smallest absolute Gasteiger partial charge is 0.417 e. The maximum Gasteiger partial charge on any atom is 0.417 e. The van der Waals surface area contributed by atoms with Gasteiger partial charge in [-0.3, -0.25) is 4.79 Å². The summed E-state index contributed by atoms with van der Waals surface area (Å²) in [7, 11) is 0. The highest BCUT2D eigenvalue weighted by molar-refractivity contribution is 6.31. The van der Waals surface area contributed by atoms with Crippen LogP contribution in [0.5, 0.6) is 5.75 Å². The number of benzene rings is 2. The molecule has 2 aromatic rings. The summed E-state index contributed by atoms with van der Waals surface area (Å²) in [5.41, 5.74) is 0.116. The fourth-order valence-corrected chi connectivity index (χ4v) is 2.44. The molecule has 0 aliphatic carbocycles. The van der Waals surface area contributed by atoms with E-state index in [0.717, 1.165) is 17.7 Å². The Hall–Kier alpha value is -2.21. The summed E-state index contributed by atoms with van der Waals surface area (Å²) in [4.78, 5) is 11.9. The lowest BCUT2D eigenvalue weighted by molar-refractivity contribution is -0.137. The van der Waals surface area contributed by atoms with Crippen LogP contribution in [0.3, 0.4) is 0 Å². The lowest BCUT2D eigenvalue weighted by Crippen LogP contribution is -2.20. The van der Waals surface area contributed by atoms with E-state index in [2.05, 4.69) is 26.1 Å². The molecule has 0 fully saturated rings. The molecule has 0 heterocycles. The number of halogens is 4. The van der Waals surface area contributed by atoms with Gasteiger partial charge >= 0.3 is 6.18 Å². The van der Waals surface area contributed by atoms with Crippen molar-refractivity contribution >= 4 is 23.2 Å². The van der Waals surface area contributed by atoms with Crippen LogP contribution < -0.4 is 10.1 Å². The number of carbonyl (C=O) groups is 1. The van der Waals surface area contributed by atoms with Crippen molar-refractivity contribution in [3.63, 3.8) is 0 Å². The van der Waals surface area contributed by atoms with Gasteiger partial charge < -0.3 is 10.1 Å². The van der Waals surface area contributed by atoms with E-state index >= 15 is 0 Å². The SMILES string of the molecule is CC(C)(C)c1ccc(OCC(=O)Nc2ccc(Cl)c(C(F)(F)F)c2)cc1. The fraction of sp³-hybridized carbons (Fsp3) is 0.316. The van der Waals surface area contributed by atoms with E-state index in [9.17, 15) is 18.0 Å². The molecule has 140 valence electrons. The number of rotatable bonds is 4. The Balaban J connectivity index is 1.97. The number of alkyl halides is 3. The molecule has 26 heavy (non-hydrogen) atoms. The van der Waals surface area contributed by atoms with Gasteiger partial charge in [0, 0.05) is 5.69 Å². The van der Waals surface area contributed by atoms with Gasteiger partial charge in [-0.05, 0) is 41.3 Å². The average Bonchev–Trinajstić information content (AvgIpc) is 2.53. The Bertz CT molecular complexity index is 781. The van der Waals surface area contributed by atoms with Gasteiger partial charge in [0.05, 0.1) is 10.6 Å². The van der Waals surface area contributed by atoms with Crippen molar-refractivity contribution in [1.29, 1.82) is 0 Å². The quantitative estimate of drug-likeness (QED) is 0.736. The molecular formula is C19H19ClF3NO2. The predicted octanol–water partition coefficient (Wildman–Crippen LogP) is 5.67. The van der Waals surface area contributed by atoms with Gasteiger partial charge in [-0.15, -0.1) is 0 Å². The van der Waals surface area contributed by atoms with Crippen LogP contribution in [0.2, 0.25) is 5.02 Å². The highest BCUT2D eigenvalue weighted by atomic mass is 35.5. The molecule has 0 saturated carbocycles. The lowest BCUT2D eigenvalue weighted by Gasteiger charge is -2.19. The summed E-state index contributed by atoms with van der Waals surface area (Å²) >= 11 is 5.55. The van der Waals surface area contributed by atoms with Crippen LogP contribution in [0, 0.1) is 0 Å². The third-order valence-electron chi connectivity index (χ3n) is 3.65. The van der Waals surface area contributed by atoms with E-state index in [1.807, 2.05) is 12.1 Å². The summed E-state index contributed by atoms with van der Waals surface area (Å²) in [6, 6.07) is 10.5. The first-order valence-corrected chi connectivity index (χ1v) is 8.24. The first-order chi connectivity index (χ1) is 12.0. The van der Waals surface area contributed by atoms with Crippen LogP contribution in [0.1, 0.15) is 31.9 Å². The molecule has 1 N–H and O–H groups in total. The molecule has 2 rings (SSSR count). The molecule has 3 nitrogen and oxygen atoms in total. The first-order valence-electron chi connectivity index (χ1n) is 7.87. The van der Waals surface area contributed by atoms with Gasteiger partial charge in [-0.25, -0.2) is 0 Å². The second-order valence-electron chi connectivity index (χ2n) is 6.80. The maximum absolute atomic E-state index is 12.8. The standard InChI is InChI=1S/C19H19ClF3NO2/c1-18(2,3)12-4-7-14(8-5-12)26-11-17(25)24-13-6-9-16(20)15(10-13)19(21,22)23/h4-10H,11H2,1-3H3,(H,24,25). The molecule has 1 amide bonds. The number of anilines is 1. The predicted molar refractivity (Wildman–Crippen MR) is 95.7 cm³/mol. The van der Waals surface area contributed by atoms with Crippen molar-refractivity contribution < 1.29 is 22.7 Å². The van der Waals surface area contributed by atoms with Gasteiger partial charge in [-0.1, -0.05) is 44.5 Å². The van der Waals surface area contributed by atoms with Crippen molar-refractivity contribution in [2.75, 3.05) is 11.9 Å². The minimum Gasteiger partial charge on any atom is -0.484 e. The Morgan fingerprint density at radius 2 is 1.69 bits per heavy atom. The normalized spacial score (nSPS) is 12.0. The fourth-order valence-electron chi connectivity index (χ4n) is 2.22. The van der Waals surface area contributed by atoms with Gasteiger partial charge in [0.1, 0.15) is 5.75 Å². The molecule has 7 heteroatoms. The van der Waals surface area contributed by atoms with E-state index in [1.165, 1.54) is 6.07 Å². The van der Waals surface area contributed by atoms with Crippen molar-refractivity contribution in [2.24, 2.45) is 0 Å². The topological polar surface area (TPSA) is 38.3 Å². The highest BCUT2D eigenvalue weighted by Gasteiger charge is 2.33. The van der Waals surface area contributed by atoms with Crippen LogP contribution in [-0.4, -0.2) is 12.5 Å². The molecule has 0 bridgehead atoms. The van der Waals surface area contributed by atoms with E-state index in [1.54, 1.807) is 12.1 Å². The molecule has 0 spiro atoms. The molecule has 0 saturated heterocycles. The number of carbonyl (C=O) groups excluding carboxylic acids is 1. The van der Waals surface area contributed by atoms with Crippen molar-refractivity contribution in [3.8, 4) is 5.75 Å². The second kappa shape index (κ2) is 7.58. The molecule has 0 unspecified atom stereocenters. The zero-order valence-corrected chi connectivity index (χ0v) is 15.3. The Morgan fingerprint density at radius 1 is 1.08 bits per heavy atom. The largest absolute Gasteiger partial charge is 0.484 e. The van der Waals surface area contributed by atoms with Crippen molar-refractivity contribution in [2.45, 2.75) is 32.4 Å². The number of nitrogens with one attached hydrogen (secondary N) is 1. The number of hydrogen-bond acceptors (Lipinski definition) is 2. The van der Waals surface area contributed by atoms with Crippen LogP contribution in [0.4, 0.5) is 18.9 Å². The summed E-state index contributed by atoms with van der Waals surface area (Å²) < 4.78 is 43.9. The Kier molecular flexibility index (Phi) is 5.86. The summed E-state index contributed by atoms with van der Waals surface area (Å²) in [5, 5.41) is 1.94. The number of hydrogen-bond donors (Lipinski definition) is 1. The minimum atomic E-state index is -4.59. The first kappa shape index (κ1) is 20.1. The molecular weight excluding hydrogens is 367 g/mol. The van der Waals surface area contributed by atoms with E-state index in [0.29, 0.717) is 5.75 Å². The average molecular weight is 386 g/mol. The van der Waals surface area contributed by atoms with Crippen LogP contribution in [0.15, 0.2) is 42.5 Å². The number of ether oxygens (including phenoxy) is 1. The maximum atomic E-state index is 12.8. The molecule has 0 aliphatic heterocycles. The highest BCUT2D eigenvalue weighted by Crippen LogP contribution is 2.36. The lowest BCUT2D eigenvalue weighted by atomic mass is 9.87. The monoisotopic (exact) mass is 385 g/mol. The second-order valence-corrected chi connectivity index (χ2v) is 7.21. The van der Waals surface area contributed by atoms with E-state index in [4.69, 9.17) is 16.3 Å². The minimum absolute atomic E-state index is 0.000673. The van der Waals surface area contributed by atoms with Crippen LogP contribution in [0.25, 0.3) is 0 Å². The summed E-state index contributed by atoms with van der Waals surface area (Å²) in [6.45, 7) is 5.92. The molecule has 0 atom stereocenters. The van der Waals surface area contributed by atoms with Gasteiger partial charge in [0.15, 0.2) is 6.61 Å². The molecule has 0 aromatic heterocycles. The third kappa shape index (κ3) is 5.39. The number of amides is 1. The Morgan fingerprint density at radius 3 is 2.23 bits per heavy atom. The zero-order valence-electron chi connectivity index (χ0n) is 14.6.